The minimum absolute atomic E-state index is 0.285. The topological polar surface area (TPSA) is 12.5 Å². The second kappa shape index (κ2) is 4.81. The molecule has 1 fully saturated rings. The predicted octanol–water partition coefficient (Wildman–Crippen LogP) is 4.74. The zero-order valence-electron chi connectivity index (χ0n) is 10.5. The standard InChI is InChI=1S/C15H9BrF4O/c16-10-3-1-9(2-4-10)15(19,20)14(8-21-14)12-6-5-11(17)7-13(12)18/h1-7H,8H2. The third-order valence-corrected chi connectivity index (χ3v) is 4.04. The lowest BCUT2D eigenvalue weighted by atomic mass is 9.88. The maximum atomic E-state index is 14.7. The summed E-state index contributed by atoms with van der Waals surface area (Å²) in [5.74, 6) is -5.28. The summed E-state index contributed by atoms with van der Waals surface area (Å²) in [7, 11) is 0. The monoisotopic (exact) mass is 360 g/mol. The summed E-state index contributed by atoms with van der Waals surface area (Å²) >= 11 is 3.16. The number of hydrogen-bond donors (Lipinski definition) is 0. The van der Waals surface area contributed by atoms with Crippen molar-refractivity contribution < 1.29 is 22.3 Å². The average Bonchev–Trinajstić information content (AvgIpc) is 3.21. The molecule has 2 aromatic carbocycles. The highest BCUT2D eigenvalue weighted by Crippen LogP contribution is 2.56. The second-order valence-electron chi connectivity index (χ2n) is 4.82. The van der Waals surface area contributed by atoms with E-state index in [4.69, 9.17) is 4.74 Å². The molecule has 1 atom stereocenters. The molecule has 6 heteroatoms. The number of alkyl halides is 2. The molecule has 1 nitrogen and oxygen atoms in total. The van der Waals surface area contributed by atoms with Gasteiger partial charge < -0.3 is 4.74 Å². The normalized spacial score (nSPS) is 21.4. The van der Waals surface area contributed by atoms with Gasteiger partial charge in [-0.3, -0.25) is 0 Å². The minimum atomic E-state index is -3.42. The van der Waals surface area contributed by atoms with Crippen LogP contribution in [0.4, 0.5) is 17.6 Å². The first-order chi connectivity index (χ1) is 9.87. The van der Waals surface area contributed by atoms with Crippen LogP contribution in [0.15, 0.2) is 46.9 Å². The van der Waals surface area contributed by atoms with Crippen molar-refractivity contribution in [2.45, 2.75) is 11.5 Å². The third kappa shape index (κ3) is 2.26. The van der Waals surface area contributed by atoms with Gasteiger partial charge in [-0.05, 0) is 24.3 Å². The summed E-state index contributed by atoms with van der Waals surface area (Å²) in [6.07, 6.45) is 0. The van der Waals surface area contributed by atoms with Gasteiger partial charge in [-0.2, -0.15) is 8.78 Å². The molecule has 0 aromatic heterocycles. The summed E-state index contributed by atoms with van der Waals surface area (Å²) in [6.45, 7) is -0.321. The molecule has 0 radical (unpaired) electrons. The average molecular weight is 361 g/mol. The van der Waals surface area contributed by atoms with E-state index in [2.05, 4.69) is 15.9 Å². The number of hydrogen-bond acceptors (Lipinski definition) is 1. The number of rotatable bonds is 3. The molecule has 0 spiro atoms. The van der Waals surface area contributed by atoms with Gasteiger partial charge >= 0.3 is 5.92 Å². The van der Waals surface area contributed by atoms with Crippen molar-refractivity contribution in [1.82, 2.24) is 0 Å². The van der Waals surface area contributed by atoms with E-state index in [1.165, 1.54) is 24.3 Å². The van der Waals surface area contributed by atoms with Gasteiger partial charge in [-0.15, -0.1) is 0 Å². The Labute approximate surface area is 126 Å². The fourth-order valence-electron chi connectivity index (χ4n) is 2.29. The van der Waals surface area contributed by atoms with Crippen molar-refractivity contribution in [3.05, 3.63) is 69.7 Å². The molecule has 0 N–H and O–H groups in total. The summed E-state index contributed by atoms with van der Waals surface area (Å²) in [6, 6.07) is 7.96. The molecule has 110 valence electrons. The van der Waals surface area contributed by atoms with Gasteiger partial charge in [0.1, 0.15) is 11.6 Å². The smallest absolute Gasteiger partial charge is 0.308 e. The van der Waals surface area contributed by atoms with E-state index in [0.29, 0.717) is 10.5 Å². The Kier molecular flexibility index (Phi) is 3.33. The summed E-state index contributed by atoms with van der Waals surface area (Å²) < 4.78 is 61.8. The number of halogens is 5. The molecule has 0 aliphatic carbocycles. The van der Waals surface area contributed by atoms with Gasteiger partial charge in [0.25, 0.3) is 0 Å². The fourth-order valence-corrected chi connectivity index (χ4v) is 2.55. The zero-order valence-corrected chi connectivity index (χ0v) is 12.1. The Balaban J connectivity index is 2.06. The molecular formula is C15H9BrF4O. The van der Waals surface area contributed by atoms with E-state index in [-0.39, 0.29) is 17.7 Å². The zero-order chi connectivity index (χ0) is 15.3. The Morgan fingerprint density at radius 2 is 1.67 bits per heavy atom. The van der Waals surface area contributed by atoms with Crippen LogP contribution < -0.4 is 0 Å². The molecular weight excluding hydrogens is 352 g/mol. The molecule has 0 bridgehead atoms. The molecule has 1 heterocycles. The van der Waals surface area contributed by atoms with E-state index >= 15 is 0 Å². The molecule has 0 amide bonds. The molecule has 1 saturated heterocycles. The summed E-state index contributed by atoms with van der Waals surface area (Å²) in [4.78, 5) is 0. The van der Waals surface area contributed by atoms with Crippen molar-refractivity contribution in [1.29, 1.82) is 0 Å². The van der Waals surface area contributed by atoms with Crippen LogP contribution in [0.1, 0.15) is 11.1 Å². The van der Waals surface area contributed by atoms with E-state index in [9.17, 15) is 17.6 Å². The lowest BCUT2D eigenvalue weighted by Gasteiger charge is -2.25. The maximum Gasteiger partial charge on any atom is 0.308 e. The minimum Gasteiger partial charge on any atom is -0.357 e. The van der Waals surface area contributed by atoms with Crippen molar-refractivity contribution in [3.63, 3.8) is 0 Å². The lowest BCUT2D eigenvalue weighted by molar-refractivity contribution is -0.0866. The molecule has 21 heavy (non-hydrogen) atoms. The van der Waals surface area contributed by atoms with Gasteiger partial charge in [0, 0.05) is 21.7 Å². The molecule has 1 aliphatic heterocycles. The van der Waals surface area contributed by atoms with Gasteiger partial charge in [0.2, 0.25) is 0 Å². The highest BCUT2D eigenvalue weighted by atomic mass is 79.9. The van der Waals surface area contributed by atoms with E-state index < -0.39 is 23.2 Å². The quantitative estimate of drug-likeness (QED) is 0.568. The third-order valence-electron chi connectivity index (χ3n) is 3.51. The number of benzene rings is 2. The molecule has 1 aliphatic rings. The van der Waals surface area contributed by atoms with Crippen LogP contribution in [0.25, 0.3) is 0 Å². The largest absolute Gasteiger partial charge is 0.357 e. The van der Waals surface area contributed by atoms with Crippen LogP contribution in [0, 0.1) is 11.6 Å². The highest BCUT2D eigenvalue weighted by molar-refractivity contribution is 9.10. The molecule has 2 aromatic rings. The first-order valence-corrected chi connectivity index (χ1v) is 6.89. The van der Waals surface area contributed by atoms with Crippen molar-refractivity contribution in [2.24, 2.45) is 0 Å². The first kappa shape index (κ1) is 14.5. The fraction of sp³-hybridized carbons (Fsp3) is 0.200. The Bertz CT molecular complexity index is 681. The number of ether oxygens (including phenoxy) is 1. The van der Waals surface area contributed by atoms with Crippen LogP contribution in [0.5, 0.6) is 0 Å². The molecule has 1 unspecified atom stereocenters. The lowest BCUT2D eigenvalue weighted by Crippen LogP contribution is -2.33. The van der Waals surface area contributed by atoms with Crippen LogP contribution >= 0.6 is 15.9 Å². The van der Waals surface area contributed by atoms with E-state index in [1.807, 2.05) is 0 Å². The van der Waals surface area contributed by atoms with E-state index in [0.717, 1.165) is 12.1 Å². The Morgan fingerprint density at radius 1 is 1.05 bits per heavy atom. The summed E-state index contributed by atoms with van der Waals surface area (Å²) in [5.41, 5.74) is -2.69. The second-order valence-corrected chi connectivity index (χ2v) is 5.74. The van der Waals surface area contributed by atoms with Gasteiger partial charge in [-0.1, -0.05) is 28.1 Å². The number of epoxide rings is 1. The SMILES string of the molecule is Fc1ccc(C2(C(F)(F)c3ccc(Br)cc3)CO2)c(F)c1. The van der Waals surface area contributed by atoms with Crippen LogP contribution in [-0.4, -0.2) is 6.61 Å². The maximum absolute atomic E-state index is 14.7. The van der Waals surface area contributed by atoms with Crippen molar-refractivity contribution >= 4 is 15.9 Å². The van der Waals surface area contributed by atoms with Crippen LogP contribution in [0.2, 0.25) is 0 Å². The molecule has 0 saturated carbocycles. The summed E-state index contributed by atoms with van der Waals surface area (Å²) in [5, 5.41) is 0. The predicted molar refractivity (Wildman–Crippen MR) is 72.0 cm³/mol. The molecule has 3 rings (SSSR count). The van der Waals surface area contributed by atoms with Crippen LogP contribution in [0.3, 0.4) is 0 Å². The van der Waals surface area contributed by atoms with Gasteiger partial charge in [0.15, 0.2) is 5.60 Å². The van der Waals surface area contributed by atoms with Gasteiger partial charge in [-0.25, -0.2) is 8.78 Å². The van der Waals surface area contributed by atoms with Crippen LogP contribution in [-0.2, 0) is 16.3 Å². The highest BCUT2D eigenvalue weighted by Gasteiger charge is 2.67. The van der Waals surface area contributed by atoms with Crippen molar-refractivity contribution in [3.8, 4) is 0 Å². The first-order valence-electron chi connectivity index (χ1n) is 6.10. The van der Waals surface area contributed by atoms with Gasteiger partial charge in [0.05, 0.1) is 6.61 Å². The Morgan fingerprint density at radius 3 is 2.19 bits per heavy atom. The van der Waals surface area contributed by atoms with Crippen molar-refractivity contribution in [2.75, 3.05) is 6.61 Å². The van der Waals surface area contributed by atoms with E-state index in [1.54, 1.807) is 0 Å². The Hall–Kier alpha value is -1.40.